The summed E-state index contributed by atoms with van der Waals surface area (Å²) in [7, 11) is 0. The zero-order valence-corrected chi connectivity index (χ0v) is 14.0. The van der Waals surface area contributed by atoms with Crippen LogP contribution >= 0.6 is 11.6 Å². The molecule has 2 fully saturated rings. The van der Waals surface area contributed by atoms with E-state index in [0.717, 1.165) is 19.3 Å². The molecule has 3 rings (SSSR count). The summed E-state index contributed by atoms with van der Waals surface area (Å²) in [5.74, 6) is -0.801. The molecule has 7 heteroatoms. The van der Waals surface area contributed by atoms with Crippen molar-refractivity contribution in [3.63, 3.8) is 0 Å². The molecule has 2 aliphatic rings. The molecule has 0 aromatic heterocycles. The second-order valence-electron chi connectivity index (χ2n) is 6.17. The number of hydrogen-bond donors (Lipinski definition) is 1. The molecule has 24 heavy (non-hydrogen) atoms. The number of nitrogens with zero attached hydrogens (tertiary/aromatic N) is 1. The number of hydrogen-bond acceptors (Lipinski definition) is 4. The number of ether oxygens (including phenoxy) is 1. The first kappa shape index (κ1) is 16.8. The minimum atomic E-state index is -0.924. The lowest BCUT2D eigenvalue weighted by Crippen LogP contribution is -2.69. The predicted molar refractivity (Wildman–Crippen MR) is 87.6 cm³/mol. The van der Waals surface area contributed by atoms with E-state index in [4.69, 9.17) is 16.3 Å². The van der Waals surface area contributed by atoms with Crippen molar-refractivity contribution in [2.75, 3.05) is 13.2 Å². The molecule has 0 atom stereocenters. The molecule has 128 valence electrons. The van der Waals surface area contributed by atoms with Gasteiger partial charge < -0.3 is 9.64 Å². The van der Waals surface area contributed by atoms with E-state index in [2.05, 4.69) is 5.32 Å². The second-order valence-corrected chi connectivity index (χ2v) is 6.58. The van der Waals surface area contributed by atoms with Crippen LogP contribution < -0.4 is 10.1 Å². The van der Waals surface area contributed by atoms with Gasteiger partial charge in [-0.3, -0.25) is 19.7 Å². The Kier molecular flexibility index (Phi) is 4.76. The molecule has 3 amide bonds. The molecule has 0 bridgehead atoms. The summed E-state index contributed by atoms with van der Waals surface area (Å²) in [6.45, 7) is -0.373. The lowest BCUT2D eigenvalue weighted by Gasteiger charge is -2.47. The number of nitrogens with one attached hydrogen (secondary N) is 1. The highest BCUT2D eigenvalue weighted by Gasteiger charge is 2.50. The van der Waals surface area contributed by atoms with Gasteiger partial charge in [-0.25, -0.2) is 0 Å². The van der Waals surface area contributed by atoms with Crippen molar-refractivity contribution in [3.8, 4) is 5.75 Å². The van der Waals surface area contributed by atoms with Crippen molar-refractivity contribution in [2.45, 2.75) is 37.6 Å². The van der Waals surface area contributed by atoms with Crippen LogP contribution in [0, 0.1) is 0 Å². The molecule has 1 spiro atoms. The minimum Gasteiger partial charge on any atom is -0.482 e. The van der Waals surface area contributed by atoms with E-state index in [1.165, 1.54) is 4.90 Å². The third-order valence-electron chi connectivity index (χ3n) is 4.66. The van der Waals surface area contributed by atoms with Crippen molar-refractivity contribution in [1.29, 1.82) is 0 Å². The number of rotatable bonds is 3. The Hall–Kier alpha value is -2.08. The van der Waals surface area contributed by atoms with Crippen LogP contribution in [-0.2, 0) is 14.4 Å². The van der Waals surface area contributed by atoms with Gasteiger partial charge in [-0.2, -0.15) is 0 Å². The first-order valence-corrected chi connectivity index (χ1v) is 8.43. The standard InChI is InChI=1S/C17H19ClN2O4/c18-12-6-2-3-7-13(12)24-11-15(22)20-10-14(21)19-16(23)17(20)8-4-1-5-9-17/h2-3,6-7H,1,4-5,8-11H2,(H,19,21,23). The van der Waals surface area contributed by atoms with Gasteiger partial charge in [0.15, 0.2) is 6.61 Å². The molecule has 1 saturated carbocycles. The van der Waals surface area contributed by atoms with Gasteiger partial charge in [-0.15, -0.1) is 0 Å². The topological polar surface area (TPSA) is 75.7 Å². The summed E-state index contributed by atoms with van der Waals surface area (Å²) >= 11 is 6.01. The van der Waals surface area contributed by atoms with Crippen molar-refractivity contribution >= 4 is 29.3 Å². The van der Waals surface area contributed by atoms with Crippen LogP contribution in [0.5, 0.6) is 5.75 Å². The third kappa shape index (κ3) is 3.11. The van der Waals surface area contributed by atoms with Gasteiger partial charge in [0.25, 0.3) is 11.8 Å². The zero-order chi connectivity index (χ0) is 17.2. The molecule has 0 unspecified atom stereocenters. The molecular formula is C17H19ClN2O4. The zero-order valence-electron chi connectivity index (χ0n) is 13.2. The largest absolute Gasteiger partial charge is 0.482 e. The monoisotopic (exact) mass is 350 g/mol. The van der Waals surface area contributed by atoms with Gasteiger partial charge in [0.2, 0.25) is 5.91 Å². The van der Waals surface area contributed by atoms with Gasteiger partial charge in [0.05, 0.1) is 5.02 Å². The number of carbonyl (C=O) groups is 3. The Balaban J connectivity index is 1.76. The van der Waals surface area contributed by atoms with Crippen LogP contribution in [0.4, 0.5) is 0 Å². The highest BCUT2D eigenvalue weighted by molar-refractivity contribution is 6.32. The Morgan fingerprint density at radius 2 is 1.92 bits per heavy atom. The second kappa shape index (κ2) is 6.81. The average Bonchev–Trinajstić information content (AvgIpc) is 2.58. The maximum absolute atomic E-state index is 12.7. The Labute approximate surface area is 145 Å². The Morgan fingerprint density at radius 1 is 1.21 bits per heavy atom. The van der Waals surface area contributed by atoms with Crippen LogP contribution in [0.15, 0.2) is 24.3 Å². The average molecular weight is 351 g/mol. The molecular weight excluding hydrogens is 332 g/mol. The highest BCUT2D eigenvalue weighted by Crippen LogP contribution is 2.35. The van der Waals surface area contributed by atoms with Crippen LogP contribution in [0.25, 0.3) is 0 Å². The number of amides is 3. The lowest BCUT2D eigenvalue weighted by molar-refractivity contribution is -0.161. The molecule has 1 heterocycles. The van der Waals surface area contributed by atoms with Gasteiger partial charge in [-0.1, -0.05) is 43.0 Å². The van der Waals surface area contributed by atoms with Crippen LogP contribution in [-0.4, -0.2) is 41.3 Å². The first-order valence-electron chi connectivity index (χ1n) is 8.05. The first-order chi connectivity index (χ1) is 11.5. The summed E-state index contributed by atoms with van der Waals surface area (Å²) in [6.07, 6.45) is 3.89. The smallest absolute Gasteiger partial charge is 0.261 e. The number of carbonyl (C=O) groups excluding carboxylic acids is 3. The highest BCUT2D eigenvalue weighted by atomic mass is 35.5. The molecule has 1 aliphatic carbocycles. The van der Waals surface area contributed by atoms with Gasteiger partial charge in [0, 0.05) is 0 Å². The van der Waals surface area contributed by atoms with E-state index in [-0.39, 0.29) is 25.0 Å². The fourth-order valence-electron chi connectivity index (χ4n) is 3.44. The van der Waals surface area contributed by atoms with Crippen molar-refractivity contribution in [3.05, 3.63) is 29.3 Å². The minimum absolute atomic E-state index is 0.115. The third-order valence-corrected chi connectivity index (χ3v) is 4.98. The predicted octanol–water partition coefficient (Wildman–Crippen LogP) is 1.91. The molecule has 1 aliphatic heterocycles. The number of para-hydroxylation sites is 1. The van der Waals surface area contributed by atoms with Crippen molar-refractivity contribution < 1.29 is 19.1 Å². The number of imide groups is 1. The fraction of sp³-hybridized carbons (Fsp3) is 0.471. The summed E-state index contributed by atoms with van der Waals surface area (Å²) in [4.78, 5) is 38.3. The quantitative estimate of drug-likeness (QED) is 0.845. The van der Waals surface area contributed by atoms with Crippen LogP contribution in [0.3, 0.4) is 0 Å². The lowest BCUT2D eigenvalue weighted by atomic mass is 9.78. The molecule has 6 nitrogen and oxygen atoms in total. The summed E-state index contributed by atoms with van der Waals surface area (Å²) in [5, 5.41) is 2.78. The van der Waals surface area contributed by atoms with Crippen molar-refractivity contribution in [1.82, 2.24) is 10.2 Å². The Morgan fingerprint density at radius 3 is 2.62 bits per heavy atom. The normalized spacial score (nSPS) is 20.0. The maximum atomic E-state index is 12.7. The Bertz CT molecular complexity index is 670. The van der Waals surface area contributed by atoms with Gasteiger partial charge >= 0.3 is 0 Å². The summed E-state index contributed by atoms with van der Waals surface area (Å²) in [6, 6.07) is 6.86. The molecule has 1 N–H and O–H groups in total. The molecule has 1 aromatic rings. The number of piperazine rings is 1. The molecule has 0 radical (unpaired) electrons. The number of benzene rings is 1. The molecule has 1 aromatic carbocycles. The van der Waals surface area contributed by atoms with Gasteiger partial charge in [0.1, 0.15) is 17.8 Å². The SMILES string of the molecule is O=C1CN(C(=O)COc2ccccc2Cl)C2(CCCCC2)C(=O)N1. The summed E-state index contributed by atoms with van der Waals surface area (Å²) < 4.78 is 5.49. The van der Waals surface area contributed by atoms with E-state index in [0.29, 0.717) is 23.6 Å². The fourth-order valence-corrected chi connectivity index (χ4v) is 3.63. The maximum Gasteiger partial charge on any atom is 0.261 e. The van der Waals surface area contributed by atoms with E-state index in [1.54, 1.807) is 24.3 Å². The van der Waals surface area contributed by atoms with E-state index >= 15 is 0 Å². The van der Waals surface area contributed by atoms with Gasteiger partial charge in [-0.05, 0) is 25.0 Å². The molecule has 1 saturated heterocycles. The van der Waals surface area contributed by atoms with E-state index in [1.807, 2.05) is 0 Å². The van der Waals surface area contributed by atoms with Crippen LogP contribution in [0.2, 0.25) is 5.02 Å². The van der Waals surface area contributed by atoms with Crippen LogP contribution in [0.1, 0.15) is 32.1 Å². The van der Waals surface area contributed by atoms with E-state index in [9.17, 15) is 14.4 Å². The summed E-state index contributed by atoms with van der Waals surface area (Å²) in [5.41, 5.74) is -0.924. The van der Waals surface area contributed by atoms with E-state index < -0.39 is 11.4 Å². The number of halogens is 1. The van der Waals surface area contributed by atoms with Crippen molar-refractivity contribution in [2.24, 2.45) is 0 Å².